The number of hydrogen-bond acceptors (Lipinski definition) is 22. The standard InChI is InChI=1S/C25H27BN2O7S.C24H28N2O6S.C4H10BNO3.C3H7NO2/c1-13(27-12-26-32)25(31)35-20-10-15-6-8-18(28-14(2)29)17-11-19(30)21(36-5)9-7-16(17)22(15)24(34-4)23(20)33-3;1-12(25)24(29)32-19-10-14-6-8-17(26-13(2)27)16-11-18(28)20(33-5)9-7-15(16)21(14)23(31-4)22(19)30-3;1-3(4(7)8)6-5(2)9;1-2(4)3(5)6/h7,9-13,18H,6,8H2,1-5H3,(H,28,29);7,9-12,17H,6,8,25H2,1-5H3,(H,26,27);3,6,9H,1-2H3,(H,7,8);2H,4H2,1H3,(H,5,6)/t13?,18-;12?,17-;;/m00../s1. The quantitative estimate of drug-likeness (QED) is 0.0226. The van der Waals surface area contributed by atoms with Gasteiger partial charge >= 0.3 is 188 Å². The average molecular weight is 1200 g/mol. The maximum atomic E-state index is 12.9. The average Bonchev–Trinajstić information content (AvgIpc) is 1.70. The molecule has 6 rings (SSSR count). The Hall–Kier alpha value is -7.62. The van der Waals surface area contributed by atoms with E-state index >= 15 is 0 Å². The van der Waals surface area contributed by atoms with E-state index in [9.17, 15) is 43.1 Å². The van der Waals surface area contributed by atoms with E-state index in [1.54, 1.807) is 36.4 Å². The molecule has 6 atom stereocenters. The summed E-state index contributed by atoms with van der Waals surface area (Å²) in [6, 6.07) is 9.83. The third-order valence-electron chi connectivity index (χ3n) is 12.5. The molecule has 0 bridgehead atoms. The summed E-state index contributed by atoms with van der Waals surface area (Å²) in [6.45, 7) is 10.3. The van der Waals surface area contributed by atoms with E-state index in [-0.39, 0.29) is 51.7 Å². The van der Waals surface area contributed by atoms with Crippen LogP contribution in [0.4, 0.5) is 0 Å². The van der Waals surface area contributed by atoms with E-state index in [4.69, 9.17) is 55.1 Å². The van der Waals surface area contributed by atoms with Crippen LogP contribution in [0.15, 0.2) is 72.9 Å². The van der Waals surface area contributed by atoms with Crippen molar-refractivity contribution in [1.29, 1.82) is 0 Å². The van der Waals surface area contributed by atoms with Gasteiger partial charge in [-0.25, -0.2) is 4.79 Å². The summed E-state index contributed by atoms with van der Waals surface area (Å²) in [6.07, 6.45) is 6.72. The van der Waals surface area contributed by atoms with Crippen LogP contribution < -0.4 is 66.6 Å². The minimum atomic E-state index is -0.963. The predicted molar refractivity (Wildman–Crippen MR) is 320 cm³/mol. The number of carboxylic acid groups (broad SMARTS) is 2. The second-order valence-corrected chi connectivity index (χ2v) is 20.6. The number of nitrogens with zero attached hydrogens (tertiary/aromatic N) is 1. The molecule has 2 amide bonds. The first-order valence-electron chi connectivity index (χ1n) is 26.0. The SMILES string of the molecule is CB(O)NC(C)C(=O)O.CC(N)C(=O)O.COc1c(OC(=O)C(C)N)cc2c(c1OC)-c1ccc(SC)c(=O)cc1[C@@H](NC(C)=O)CC2.COc1c(OC(=O)C(C)N=CB=O)cc2c(c1OC)-c1ccc(SC)c(=O)cc1[C@@H](NC(C)=O)CC2. The van der Waals surface area contributed by atoms with Crippen LogP contribution in [-0.4, -0.2) is 136 Å². The molecular formula is C56H72B2N6O18S2. The molecule has 0 saturated heterocycles. The number of aliphatic carboxylic acids is 2. The van der Waals surface area contributed by atoms with E-state index in [0.29, 0.717) is 76.4 Å². The number of esters is 2. The molecule has 0 aliphatic heterocycles. The third kappa shape index (κ3) is 19.2. The summed E-state index contributed by atoms with van der Waals surface area (Å²) >= 11 is 2.69. The van der Waals surface area contributed by atoms with Crippen LogP contribution in [-0.2, 0) is 46.3 Å². The number of amides is 2. The Balaban J connectivity index is 0.000000354. The molecule has 24 nitrogen and oxygen atoms in total. The molecular weight excluding hydrogens is 1130 g/mol. The van der Waals surface area contributed by atoms with E-state index in [0.717, 1.165) is 28.4 Å². The number of carbonyl (C=O) groups is 6. The zero-order valence-electron chi connectivity index (χ0n) is 49.0. The number of carboxylic acids is 2. The van der Waals surface area contributed by atoms with Crippen LogP contribution >= 0.6 is 23.5 Å². The van der Waals surface area contributed by atoms with Gasteiger partial charge in [-0.3, -0.25) is 28.8 Å². The van der Waals surface area contributed by atoms with E-state index < -0.39 is 61.1 Å². The monoisotopic (exact) mass is 1200 g/mol. The van der Waals surface area contributed by atoms with Gasteiger partial charge in [0, 0.05) is 19.4 Å². The van der Waals surface area contributed by atoms with Crippen molar-refractivity contribution in [3.63, 3.8) is 0 Å². The first-order chi connectivity index (χ1) is 39.6. The Morgan fingerprint density at radius 1 is 0.667 bits per heavy atom. The van der Waals surface area contributed by atoms with Crippen LogP contribution in [0.25, 0.3) is 22.3 Å². The van der Waals surface area contributed by atoms with Gasteiger partial charge in [0.2, 0.25) is 17.6 Å². The number of rotatable bonds is 18. The molecule has 0 radical (unpaired) electrons. The molecule has 0 heterocycles. The summed E-state index contributed by atoms with van der Waals surface area (Å²) in [5.74, 6) is -2.14. The van der Waals surface area contributed by atoms with E-state index in [2.05, 4.69) is 20.9 Å². The van der Waals surface area contributed by atoms with Crippen molar-refractivity contribution in [2.24, 2.45) is 16.5 Å². The van der Waals surface area contributed by atoms with Gasteiger partial charge in [0.25, 0.3) is 0 Å². The fourth-order valence-electron chi connectivity index (χ4n) is 8.63. The normalized spacial score (nSPS) is 14.9. The van der Waals surface area contributed by atoms with Gasteiger partial charge in [-0.15, -0.1) is 23.5 Å². The van der Waals surface area contributed by atoms with Crippen molar-refractivity contribution in [2.75, 3.05) is 41.0 Å². The van der Waals surface area contributed by atoms with Gasteiger partial charge in [0.05, 0.1) is 36.1 Å². The summed E-state index contributed by atoms with van der Waals surface area (Å²) in [7, 11) is 5.58. The topological polar surface area (TPSA) is 370 Å². The molecule has 0 aromatic heterocycles. The number of hydrogen-bond donors (Lipinski definition) is 8. The molecule has 4 aromatic rings. The molecule has 10 N–H and O–H groups in total. The van der Waals surface area contributed by atoms with Crippen LogP contribution in [0.5, 0.6) is 34.5 Å². The Morgan fingerprint density at radius 3 is 1.36 bits per heavy atom. The molecule has 4 unspecified atom stereocenters. The molecule has 0 fully saturated rings. The van der Waals surface area contributed by atoms with Gasteiger partial charge in [-0.05, 0) is 87.8 Å². The van der Waals surface area contributed by atoms with Crippen LogP contribution in [0, 0.1) is 0 Å². The molecule has 0 spiro atoms. The van der Waals surface area contributed by atoms with Gasteiger partial charge in [0.1, 0.15) is 12.1 Å². The Kier molecular flexibility index (Phi) is 28.3. The molecule has 452 valence electrons. The second kappa shape index (κ2) is 33.6. The van der Waals surface area contributed by atoms with Crippen molar-refractivity contribution in [2.45, 2.75) is 120 Å². The molecule has 0 saturated carbocycles. The Bertz CT molecular complexity index is 3220. The number of methoxy groups -OCH3 is 4. The van der Waals surface area contributed by atoms with Crippen LogP contribution in [0.1, 0.15) is 88.7 Å². The zero-order chi connectivity index (χ0) is 63.3. The number of aliphatic imine (C=N–C) groups is 1. The summed E-state index contributed by atoms with van der Waals surface area (Å²) in [4.78, 5) is 99.1. The van der Waals surface area contributed by atoms with E-state index in [1.165, 1.54) is 100 Å². The number of fused-ring (bicyclic) bond motifs is 6. The molecule has 28 heteroatoms. The number of carbonyl (C=O) groups excluding carboxylic acids is 4. The van der Waals surface area contributed by atoms with Crippen LogP contribution in [0.2, 0.25) is 6.82 Å². The number of benzene rings is 2. The summed E-state index contributed by atoms with van der Waals surface area (Å²) in [5, 5.41) is 33.0. The maximum absolute atomic E-state index is 12.9. The third-order valence-corrected chi connectivity index (χ3v) is 14.1. The molecule has 2 aliphatic carbocycles. The number of nitrogens with two attached hydrogens (primary N) is 2. The first kappa shape index (κ1) is 70.6. The fourth-order valence-corrected chi connectivity index (χ4v) is 9.55. The van der Waals surface area contributed by atoms with Gasteiger partial charge in [-0.2, -0.15) is 0 Å². The molecule has 4 aromatic carbocycles. The second-order valence-electron chi connectivity index (χ2n) is 18.9. The zero-order valence-corrected chi connectivity index (χ0v) is 50.7. The van der Waals surface area contributed by atoms with Crippen molar-refractivity contribution in [1.82, 2.24) is 15.9 Å². The number of aryl methyl sites for hydroxylation is 2. The first-order valence-corrected chi connectivity index (χ1v) is 28.5. The van der Waals surface area contributed by atoms with Crippen molar-refractivity contribution >= 4 is 79.5 Å². The van der Waals surface area contributed by atoms with E-state index in [1.807, 2.05) is 24.6 Å². The Labute approximate surface area is 495 Å². The molecule has 2 aliphatic rings. The van der Waals surface area contributed by atoms with Gasteiger partial charge < -0.3 is 51.5 Å². The van der Waals surface area contributed by atoms with Crippen molar-refractivity contribution < 1.29 is 77.1 Å². The minimum absolute atomic E-state index is 0.129. The molecule has 84 heavy (non-hydrogen) atoms. The number of thioether (sulfide) groups is 2. The predicted octanol–water partition coefficient (Wildman–Crippen LogP) is 4.35. The van der Waals surface area contributed by atoms with Crippen molar-refractivity contribution in [3.05, 3.63) is 91.2 Å². The fraction of sp³-hybridized carbons (Fsp3) is 0.411. The summed E-state index contributed by atoms with van der Waals surface area (Å²) < 4.78 is 44.4. The number of nitrogens with one attached hydrogen (secondary N) is 3. The van der Waals surface area contributed by atoms with Crippen molar-refractivity contribution in [3.8, 4) is 56.8 Å². The summed E-state index contributed by atoms with van der Waals surface area (Å²) in [5.41, 5.74) is 16.1. The number of ether oxygens (including phenoxy) is 6. The van der Waals surface area contributed by atoms with Crippen LogP contribution in [0.3, 0.4) is 0 Å². The van der Waals surface area contributed by atoms with Gasteiger partial charge in [-0.1, -0.05) is 6.07 Å². The Morgan fingerprint density at radius 2 is 1.06 bits per heavy atom. The van der Waals surface area contributed by atoms with Gasteiger partial charge in [0.15, 0.2) is 22.4 Å².